The second-order valence-electron chi connectivity index (χ2n) is 6.68. The van der Waals surface area contributed by atoms with Gasteiger partial charge in [-0.15, -0.1) is 0 Å². The van der Waals surface area contributed by atoms with Crippen LogP contribution in [0.1, 0.15) is 32.8 Å². The van der Waals surface area contributed by atoms with Crippen LogP contribution in [0.5, 0.6) is 0 Å². The number of hydrogen-bond donors (Lipinski definition) is 1. The molecule has 0 aliphatic heterocycles. The molecule has 0 aliphatic carbocycles. The van der Waals surface area contributed by atoms with Crippen molar-refractivity contribution in [2.45, 2.75) is 43.4 Å². The second kappa shape index (κ2) is 10.2. The molecule has 0 atom stereocenters. The van der Waals surface area contributed by atoms with E-state index in [-0.39, 0.29) is 33.6 Å². The molecule has 30 heavy (non-hydrogen) atoms. The molecule has 0 fully saturated rings. The standard InChI is InChI=1S/C21H28N2O5S2/c1-4-23(5-2)30(27,28)18-14-11-17(12-15-18)13-16-21(24)22-19-9-7-8-10-20(19)29(25,26)6-3/h7-12,14-15H,4-6,13,16H2,1-3H3,(H,22,24). The van der Waals surface area contributed by atoms with Crippen molar-refractivity contribution in [2.75, 3.05) is 24.2 Å². The molecular formula is C21H28N2O5S2. The lowest BCUT2D eigenvalue weighted by Crippen LogP contribution is -2.30. The third kappa shape index (κ3) is 5.68. The zero-order chi connectivity index (χ0) is 22.4. The number of para-hydroxylation sites is 1. The lowest BCUT2D eigenvalue weighted by Gasteiger charge is -2.18. The fourth-order valence-corrected chi connectivity index (χ4v) is 5.52. The minimum Gasteiger partial charge on any atom is -0.325 e. The highest BCUT2D eigenvalue weighted by Gasteiger charge is 2.21. The highest BCUT2D eigenvalue weighted by Crippen LogP contribution is 2.22. The summed E-state index contributed by atoms with van der Waals surface area (Å²) in [4.78, 5) is 12.7. The molecule has 1 amide bonds. The van der Waals surface area contributed by atoms with E-state index in [0.717, 1.165) is 5.56 Å². The van der Waals surface area contributed by atoms with Crippen LogP contribution in [0.15, 0.2) is 58.3 Å². The number of nitrogens with one attached hydrogen (secondary N) is 1. The third-order valence-electron chi connectivity index (χ3n) is 4.78. The minimum absolute atomic E-state index is 0.0529. The Morgan fingerprint density at radius 1 is 0.900 bits per heavy atom. The SMILES string of the molecule is CCN(CC)S(=O)(=O)c1ccc(CCC(=O)Nc2ccccc2S(=O)(=O)CC)cc1. The summed E-state index contributed by atoms with van der Waals surface area (Å²) in [5.74, 6) is -0.364. The molecule has 9 heteroatoms. The number of amides is 1. The van der Waals surface area contributed by atoms with Crippen LogP contribution in [-0.4, -0.2) is 45.9 Å². The molecule has 0 bridgehead atoms. The van der Waals surface area contributed by atoms with Crippen molar-refractivity contribution in [3.63, 3.8) is 0 Å². The van der Waals surface area contributed by atoms with Crippen LogP contribution in [0.3, 0.4) is 0 Å². The number of sulfonamides is 1. The first kappa shape index (κ1) is 24.0. The molecule has 1 N–H and O–H groups in total. The Labute approximate surface area is 179 Å². The Hall–Kier alpha value is -2.23. The summed E-state index contributed by atoms with van der Waals surface area (Å²) in [6.45, 7) is 5.93. The Bertz CT molecular complexity index is 1070. The van der Waals surface area contributed by atoms with Gasteiger partial charge in [0.15, 0.2) is 9.84 Å². The molecule has 2 rings (SSSR count). The molecule has 0 radical (unpaired) electrons. The molecule has 0 heterocycles. The molecule has 0 saturated carbocycles. The summed E-state index contributed by atoms with van der Waals surface area (Å²) >= 11 is 0. The van der Waals surface area contributed by atoms with Gasteiger partial charge in [-0.3, -0.25) is 4.79 Å². The van der Waals surface area contributed by atoms with Crippen LogP contribution < -0.4 is 5.32 Å². The van der Waals surface area contributed by atoms with Crippen molar-refractivity contribution in [1.29, 1.82) is 0 Å². The van der Waals surface area contributed by atoms with Crippen LogP contribution >= 0.6 is 0 Å². The molecule has 0 aromatic heterocycles. The summed E-state index contributed by atoms with van der Waals surface area (Å²) in [5, 5.41) is 2.67. The van der Waals surface area contributed by atoms with Crippen LogP contribution in [0.25, 0.3) is 0 Å². The highest BCUT2D eigenvalue weighted by atomic mass is 32.2. The topological polar surface area (TPSA) is 101 Å². The van der Waals surface area contributed by atoms with E-state index < -0.39 is 19.9 Å². The van der Waals surface area contributed by atoms with Crippen LogP contribution in [0.4, 0.5) is 5.69 Å². The summed E-state index contributed by atoms with van der Waals surface area (Å²) < 4.78 is 50.8. The van der Waals surface area contributed by atoms with E-state index in [4.69, 9.17) is 0 Å². The van der Waals surface area contributed by atoms with E-state index in [2.05, 4.69) is 5.32 Å². The highest BCUT2D eigenvalue weighted by molar-refractivity contribution is 7.91. The molecule has 0 unspecified atom stereocenters. The maximum absolute atomic E-state index is 12.5. The van der Waals surface area contributed by atoms with Gasteiger partial charge in [-0.25, -0.2) is 16.8 Å². The number of aryl methyl sites for hydroxylation is 1. The fourth-order valence-electron chi connectivity index (χ4n) is 3.01. The molecule has 0 saturated heterocycles. The average Bonchev–Trinajstić information content (AvgIpc) is 2.73. The Morgan fingerprint density at radius 3 is 2.07 bits per heavy atom. The predicted octanol–water partition coefficient (Wildman–Crippen LogP) is 3.08. The molecule has 2 aromatic carbocycles. The van der Waals surface area contributed by atoms with Crippen molar-refractivity contribution in [2.24, 2.45) is 0 Å². The zero-order valence-electron chi connectivity index (χ0n) is 17.5. The Kier molecular flexibility index (Phi) is 8.17. The zero-order valence-corrected chi connectivity index (χ0v) is 19.1. The maximum Gasteiger partial charge on any atom is 0.243 e. The van der Waals surface area contributed by atoms with Crippen molar-refractivity contribution < 1.29 is 21.6 Å². The maximum atomic E-state index is 12.5. The van der Waals surface area contributed by atoms with Crippen molar-refractivity contribution in [3.05, 3.63) is 54.1 Å². The summed E-state index contributed by atoms with van der Waals surface area (Å²) in [5.41, 5.74) is 1.09. The largest absolute Gasteiger partial charge is 0.325 e. The smallest absolute Gasteiger partial charge is 0.243 e. The van der Waals surface area contributed by atoms with E-state index in [1.807, 2.05) is 0 Å². The molecule has 7 nitrogen and oxygen atoms in total. The predicted molar refractivity (Wildman–Crippen MR) is 118 cm³/mol. The van der Waals surface area contributed by atoms with E-state index in [0.29, 0.717) is 19.5 Å². The van der Waals surface area contributed by atoms with E-state index >= 15 is 0 Å². The van der Waals surface area contributed by atoms with Crippen LogP contribution in [0, 0.1) is 0 Å². The van der Waals surface area contributed by atoms with Crippen molar-refractivity contribution in [3.8, 4) is 0 Å². The van der Waals surface area contributed by atoms with E-state index in [1.54, 1.807) is 63.2 Å². The first-order chi connectivity index (χ1) is 14.2. The lowest BCUT2D eigenvalue weighted by molar-refractivity contribution is -0.116. The Morgan fingerprint density at radius 2 is 1.50 bits per heavy atom. The molecule has 2 aromatic rings. The van der Waals surface area contributed by atoms with Gasteiger partial charge in [-0.1, -0.05) is 45.0 Å². The van der Waals surface area contributed by atoms with Gasteiger partial charge < -0.3 is 5.32 Å². The van der Waals surface area contributed by atoms with Crippen LogP contribution in [-0.2, 0) is 31.1 Å². The van der Waals surface area contributed by atoms with Gasteiger partial charge in [0.25, 0.3) is 0 Å². The number of carbonyl (C=O) groups excluding carboxylic acids is 1. The lowest BCUT2D eigenvalue weighted by atomic mass is 10.1. The van der Waals surface area contributed by atoms with E-state index in [9.17, 15) is 21.6 Å². The minimum atomic E-state index is -3.51. The number of benzene rings is 2. The van der Waals surface area contributed by atoms with Gasteiger partial charge in [0.05, 0.1) is 21.2 Å². The van der Waals surface area contributed by atoms with Gasteiger partial charge in [0.1, 0.15) is 0 Å². The molecule has 164 valence electrons. The normalized spacial score (nSPS) is 12.1. The monoisotopic (exact) mass is 452 g/mol. The fraction of sp³-hybridized carbons (Fsp3) is 0.381. The quantitative estimate of drug-likeness (QED) is 0.597. The summed E-state index contributed by atoms with van der Waals surface area (Å²) in [6.07, 6.45) is 0.544. The number of carbonyl (C=O) groups is 1. The second-order valence-corrected chi connectivity index (χ2v) is 10.9. The first-order valence-electron chi connectivity index (χ1n) is 9.86. The molecular weight excluding hydrogens is 424 g/mol. The summed E-state index contributed by atoms with van der Waals surface area (Å²) in [6, 6.07) is 12.8. The van der Waals surface area contributed by atoms with Gasteiger partial charge in [-0.2, -0.15) is 4.31 Å². The van der Waals surface area contributed by atoms with Crippen LogP contribution in [0.2, 0.25) is 0 Å². The van der Waals surface area contributed by atoms with Gasteiger partial charge in [-0.05, 0) is 36.2 Å². The summed E-state index contributed by atoms with van der Waals surface area (Å²) in [7, 11) is -6.96. The van der Waals surface area contributed by atoms with Crippen molar-refractivity contribution in [1.82, 2.24) is 4.31 Å². The number of sulfone groups is 1. The number of rotatable bonds is 10. The van der Waals surface area contributed by atoms with Gasteiger partial charge in [0, 0.05) is 19.5 Å². The number of anilines is 1. The van der Waals surface area contributed by atoms with E-state index in [1.165, 1.54) is 10.4 Å². The number of nitrogens with zero attached hydrogens (tertiary/aromatic N) is 1. The number of hydrogen-bond acceptors (Lipinski definition) is 5. The van der Waals surface area contributed by atoms with Gasteiger partial charge >= 0.3 is 0 Å². The van der Waals surface area contributed by atoms with Crippen molar-refractivity contribution >= 4 is 31.5 Å². The molecule has 0 spiro atoms. The molecule has 0 aliphatic rings. The first-order valence-corrected chi connectivity index (χ1v) is 13.0. The van der Waals surface area contributed by atoms with Gasteiger partial charge in [0.2, 0.25) is 15.9 Å². The third-order valence-corrected chi connectivity index (χ3v) is 8.63. The Balaban J connectivity index is 2.05. The average molecular weight is 453 g/mol.